The van der Waals surface area contributed by atoms with Gasteiger partial charge in [0.2, 0.25) is 0 Å². The molecule has 2 aromatic carbocycles. The second-order valence-electron chi connectivity index (χ2n) is 6.47. The number of hydrogen-bond acceptors (Lipinski definition) is 5. The molecule has 6 heteroatoms. The Bertz CT molecular complexity index is 811. The monoisotopic (exact) mass is 381 g/mol. The van der Waals surface area contributed by atoms with Gasteiger partial charge in [-0.3, -0.25) is 9.69 Å². The molecular formula is C21H23N3O2S. The summed E-state index contributed by atoms with van der Waals surface area (Å²) in [6, 6.07) is 16.8. The summed E-state index contributed by atoms with van der Waals surface area (Å²) in [4.78, 5) is 14.9. The summed E-state index contributed by atoms with van der Waals surface area (Å²) in [6.07, 6.45) is -0.638. The number of amides is 1. The van der Waals surface area contributed by atoms with Gasteiger partial charge in [0, 0.05) is 36.8 Å². The number of ether oxygens (including phenoxy) is 1. The number of rotatable bonds is 6. The smallest absolute Gasteiger partial charge is 0.265 e. The average Bonchev–Trinajstić information content (AvgIpc) is 2.69. The maximum absolute atomic E-state index is 12.4. The lowest BCUT2D eigenvalue weighted by molar-refractivity contribution is -0.122. The van der Waals surface area contributed by atoms with Gasteiger partial charge in [0.05, 0.1) is 11.6 Å². The molecule has 1 aliphatic heterocycles. The predicted octanol–water partition coefficient (Wildman–Crippen LogP) is 3.51. The van der Waals surface area contributed by atoms with Crippen LogP contribution in [-0.4, -0.2) is 41.5 Å². The highest BCUT2D eigenvalue weighted by Gasteiger charge is 2.16. The predicted molar refractivity (Wildman–Crippen MR) is 109 cm³/mol. The zero-order valence-electron chi connectivity index (χ0n) is 15.4. The van der Waals surface area contributed by atoms with Gasteiger partial charge in [-0.25, -0.2) is 0 Å². The van der Waals surface area contributed by atoms with Gasteiger partial charge in [-0.15, -0.1) is 0 Å². The molecule has 0 spiro atoms. The van der Waals surface area contributed by atoms with Gasteiger partial charge in [0.25, 0.3) is 5.91 Å². The highest BCUT2D eigenvalue weighted by Crippen LogP contribution is 2.17. The summed E-state index contributed by atoms with van der Waals surface area (Å²) < 4.78 is 5.67. The van der Waals surface area contributed by atoms with Crippen LogP contribution in [0.3, 0.4) is 0 Å². The van der Waals surface area contributed by atoms with Crippen molar-refractivity contribution in [2.75, 3.05) is 29.9 Å². The zero-order valence-corrected chi connectivity index (χ0v) is 16.2. The summed E-state index contributed by atoms with van der Waals surface area (Å²) >= 11 is 2.00. The maximum atomic E-state index is 12.4. The van der Waals surface area contributed by atoms with Crippen molar-refractivity contribution < 1.29 is 9.53 Å². The van der Waals surface area contributed by atoms with Gasteiger partial charge in [-0.2, -0.15) is 17.0 Å². The third-order valence-electron chi connectivity index (χ3n) is 4.37. The Morgan fingerprint density at radius 2 is 2.00 bits per heavy atom. The van der Waals surface area contributed by atoms with Gasteiger partial charge in [0.15, 0.2) is 6.10 Å². The zero-order chi connectivity index (χ0) is 19.1. The van der Waals surface area contributed by atoms with Crippen LogP contribution in [0.4, 0.5) is 5.69 Å². The van der Waals surface area contributed by atoms with Gasteiger partial charge in [-0.1, -0.05) is 12.1 Å². The van der Waals surface area contributed by atoms with E-state index >= 15 is 0 Å². The fourth-order valence-electron chi connectivity index (χ4n) is 2.87. The Balaban J connectivity index is 1.56. The van der Waals surface area contributed by atoms with Crippen LogP contribution in [0.2, 0.25) is 0 Å². The molecule has 3 rings (SSSR count). The topological polar surface area (TPSA) is 65.4 Å². The van der Waals surface area contributed by atoms with Crippen molar-refractivity contribution in [2.24, 2.45) is 0 Å². The number of carbonyl (C=O) groups is 1. The summed E-state index contributed by atoms with van der Waals surface area (Å²) in [5.41, 5.74) is 2.53. The third kappa shape index (κ3) is 5.75. The van der Waals surface area contributed by atoms with Crippen LogP contribution in [0.25, 0.3) is 0 Å². The lowest BCUT2D eigenvalue weighted by Gasteiger charge is -2.26. The summed E-state index contributed by atoms with van der Waals surface area (Å²) in [6.45, 7) is 4.83. The number of carbonyl (C=O) groups excluding carboxylic acids is 1. The number of nitrogens with zero attached hydrogens (tertiary/aromatic N) is 2. The summed E-state index contributed by atoms with van der Waals surface area (Å²) in [7, 11) is 0. The molecule has 27 heavy (non-hydrogen) atoms. The normalized spacial score (nSPS) is 15.6. The molecule has 0 radical (unpaired) electrons. The number of nitrogens with one attached hydrogen (secondary N) is 1. The largest absolute Gasteiger partial charge is 0.481 e. The Morgan fingerprint density at radius 1 is 1.26 bits per heavy atom. The minimum atomic E-state index is -0.638. The molecule has 1 fully saturated rings. The van der Waals surface area contributed by atoms with Gasteiger partial charge >= 0.3 is 0 Å². The van der Waals surface area contributed by atoms with Crippen LogP contribution in [0.15, 0.2) is 48.5 Å². The van der Waals surface area contributed by atoms with Crippen molar-refractivity contribution in [3.8, 4) is 11.8 Å². The van der Waals surface area contributed by atoms with E-state index in [1.165, 1.54) is 17.1 Å². The van der Waals surface area contributed by atoms with E-state index in [-0.39, 0.29) is 5.91 Å². The minimum absolute atomic E-state index is 0.203. The first-order valence-corrected chi connectivity index (χ1v) is 10.2. The number of anilines is 1. The van der Waals surface area contributed by atoms with Crippen LogP contribution >= 0.6 is 11.8 Å². The van der Waals surface area contributed by atoms with Crippen molar-refractivity contribution in [1.82, 2.24) is 4.90 Å². The van der Waals surface area contributed by atoms with E-state index in [1.54, 1.807) is 31.2 Å². The molecular weight excluding hydrogens is 358 g/mol. The van der Waals surface area contributed by atoms with Gasteiger partial charge in [-0.05, 0) is 48.9 Å². The minimum Gasteiger partial charge on any atom is -0.481 e. The average molecular weight is 382 g/mol. The van der Waals surface area contributed by atoms with E-state index < -0.39 is 6.10 Å². The van der Waals surface area contributed by atoms with Crippen LogP contribution < -0.4 is 10.1 Å². The van der Waals surface area contributed by atoms with Crippen molar-refractivity contribution in [1.29, 1.82) is 5.26 Å². The Kier molecular flexibility index (Phi) is 6.74. The van der Waals surface area contributed by atoms with E-state index in [1.807, 2.05) is 30.0 Å². The molecule has 1 atom stereocenters. The molecule has 1 unspecified atom stereocenters. The van der Waals surface area contributed by atoms with Gasteiger partial charge < -0.3 is 10.1 Å². The maximum Gasteiger partial charge on any atom is 0.265 e. The molecule has 1 amide bonds. The fourth-order valence-corrected chi connectivity index (χ4v) is 3.85. The fraction of sp³-hybridized carbons (Fsp3) is 0.333. The first kappa shape index (κ1) is 19.3. The molecule has 1 heterocycles. The molecule has 1 saturated heterocycles. The molecule has 1 aliphatic rings. The molecule has 5 nitrogen and oxygen atoms in total. The molecule has 0 aliphatic carbocycles. The van der Waals surface area contributed by atoms with Crippen molar-refractivity contribution >= 4 is 23.4 Å². The Labute approximate surface area is 164 Å². The van der Waals surface area contributed by atoms with Crippen LogP contribution in [0, 0.1) is 11.3 Å². The quantitative estimate of drug-likeness (QED) is 0.829. The lowest BCUT2D eigenvalue weighted by atomic mass is 10.2. The number of benzene rings is 2. The number of hydrogen-bond donors (Lipinski definition) is 1. The number of thioether (sulfide) groups is 1. The molecule has 0 saturated carbocycles. The SMILES string of the molecule is CC(Oc1ccc(C#N)cc1)C(=O)Nc1cccc(CN2CCSCC2)c1. The third-order valence-corrected chi connectivity index (χ3v) is 5.31. The molecule has 0 aromatic heterocycles. The molecule has 0 bridgehead atoms. The number of nitriles is 1. The van der Waals surface area contributed by atoms with E-state index in [2.05, 4.69) is 22.4 Å². The van der Waals surface area contributed by atoms with Crippen LogP contribution in [0.1, 0.15) is 18.1 Å². The van der Waals surface area contributed by atoms with Crippen LogP contribution in [0.5, 0.6) is 5.75 Å². The molecule has 2 aromatic rings. The van der Waals surface area contributed by atoms with Crippen molar-refractivity contribution in [3.05, 3.63) is 59.7 Å². The Hall–Kier alpha value is -2.49. The standard InChI is InChI=1S/C21H23N3O2S/c1-16(26-20-7-5-17(14-22)6-8-20)21(25)23-19-4-2-3-18(13-19)15-24-9-11-27-12-10-24/h2-8,13,16H,9-12,15H2,1H3,(H,23,25). The van der Waals surface area contributed by atoms with E-state index in [0.717, 1.165) is 25.3 Å². The second kappa shape index (κ2) is 9.45. The van der Waals surface area contributed by atoms with Crippen molar-refractivity contribution in [3.63, 3.8) is 0 Å². The Morgan fingerprint density at radius 3 is 2.70 bits per heavy atom. The van der Waals surface area contributed by atoms with E-state index in [4.69, 9.17) is 10.00 Å². The van der Waals surface area contributed by atoms with E-state index in [9.17, 15) is 4.79 Å². The highest BCUT2D eigenvalue weighted by atomic mass is 32.2. The lowest BCUT2D eigenvalue weighted by Crippen LogP contribution is -2.32. The van der Waals surface area contributed by atoms with Crippen LogP contribution in [-0.2, 0) is 11.3 Å². The summed E-state index contributed by atoms with van der Waals surface area (Å²) in [5, 5.41) is 11.8. The molecule has 1 N–H and O–H groups in total. The van der Waals surface area contributed by atoms with Gasteiger partial charge in [0.1, 0.15) is 5.75 Å². The van der Waals surface area contributed by atoms with E-state index in [0.29, 0.717) is 11.3 Å². The van der Waals surface area contributed by atoms with Crippen molar-refractivity contribution in [2.45, 2.75) is 19.6 Å². The summed E-state index contributed by atoms with van der Waals surface area (Å²) in [5.74, 6) is 2.72. The highest BCUT2D eigenvalue weighted by molar-refractivity contribution is 7.99. The second-order valence-corrected chi connectivity index (χ2v) is 7.70. The molecule has 140 valence electrons. The first-order valence-electron chi connectivity index (χ1n) is 9.01. The first-order chi connectivity index (χ1) is 13.1.